The van der Waals surface area contributed by atoms with Gasteiger partial charge in [-0.25, -0.2) is 8.78 Å². The Morgan fingerprint density at radius 3 is 2.15 bits per heavy atom. The monoisotopic (exact) mass is 316 g/mol. The minimum atomic E-state index is -1.00. The first kappa shape index (κ1) is 14.8. The third kappa shape index (κ3) is 2.76. The molecule has 0 atom stereocenters. The second-order valence-corrected chi connectivity index (χ2v) is 4.74. The molecule has 0 saturated carbocycles. The van der Waals surface area contributed by atoms with E-state index in [9.17, 15) is 13.6 Å². The van der Waals surface area contributed by atoms with Crippen LogP contribution in [-0.2, 0) is 0 Å². The number of ether oxygens (including phenoxy) is 1. The lowest BCUT2D eigenvalue weighted by atomic mass is 10.0. The van der Waals surface area contributed by atoms with E-state index in [2.05, 4.69) is 0 Å². The largest absolute Gasteiger partial charge is 0.497 e. The summed E-state index contributed by atoms with van der Waals surface area (Å²) in [4.78, 5) is 12.1. The standard InChI is InChI=1S/C14H8Cl2F2O2/c1-20-8-5-11(17)13(12(18)6-8)14(19)7-2-3-9(15)10(16)4-7/h2-6H,1H3. The Hall–Kier alpha value is -1.65. The molecule has 0 aliphatic rings. The van der Waals surface area contributed by atoms with E-state index >= 15 is 0 Å². The summed E-state index contributed by atoms with van der Waals surface area (Å²) in [5.41, 5.74) is -0.619. The first-order chi connectivity index (χ1) is 9.43. The topological polar surface area (TPSA) is 26.3 Å². The summed E-state index contributed by atoms with van der Waals surface area (Å²) in [7, 11) is 1.27. The Balaban J connectivity index is 2.50. The van der Waals surface area contributed by atoms with Gasteiger partial charge < -0.3 is 4.74 Å². The number of carbonyl (C=O) groups is 1. The molecule has 0 amide bonds. The number of benzene rings is 2. The number of halogens is 4. The number of rotatable bonds is 3. The van der Waals surface area contributed by atoms with Crippen molar-refractivity contribution in [1.82, 2.24) is 0 Å². The van der Waals surface area contributed by atoms with Crippen LogP contribution in [0.1, 0.15) is 15.9 Å². The van der Waals surface area contributed by atoms with E-state index in [0.717, 1.165) is 12.1 Å². The van der Waals surface area contributed by atoms with Gasteiger partial charge >= 0.3 is 0 Å². The van der Waals surface area contributed by atoms with Crippen molar-refractivity contribution in [1.29, 1.82) is 0 Å². The molecule has 0 N–H and O–H groups in total. The third-order valence-electron chi connectivity index (χ3n) is 2.66. The Labute approximate surface area is 123 Å². The van der Waals surface area contributed by atoms with Crippen molar-refractivity contribution in [3.8, 4) is 5.75 Å². The zero-order valence-electron chi connectivity index (χ0n) is 10.2. The second kappa shape index (κ2) is 5.77. The maximum Gasteiger partial charge on any atom is 0.198 e. The van der Waals surface area contributed by atoms with Gasteiger partial charge in [0, 0.05) is 17.7 Å². The summed E-state index contributed by atoms with van der Waals surface area (Å²) < 4.78 is 32.3. The number of hydrogen-bond donors (Lipinski definition) is 0. The fourth-order valence-corrected chi connectivity index (χ4v) is 1.96. The molecule has 0 bridgehead atoms. The highest BCUT2D eigenvalue weighted by molar-refractivity contribution is 6.42. The van der Waals surface area contributed by atoms with Gasteiger partial charge in [0.15, 0.2) is 5.78 Å². The van der Waals surface area contributed by atoms with Crippen LogP contribution in [0.5, 0.6) is 5.75 Å². The first-order valence-electron chi connectivity index (χ1n) is 5.47. The van der Waals surface area contributed by atoms with Gasteiger partial charge in [0.25, 0.3) is 0 Å². The summed E-state index contributed by atoms with van der Waals surface area (Å²) in [5, 5.41) is 0.380. The van der Waals surface area contributed by atoms with Crippen molar-refractivity contribution < 1.29 is 18.3 Å². The zero-order valence-corrected chi connectivity index (χ0v) is 11.7. The average molecular weight is 317 g/mol. The number of hydrogen-bond acceptors (Lipinski definition) is 2. The fourth-order valence-electron chi connectivity index (χ4n) is 1.67. The second-order valence-electron chi connectivity index (χ2n) is 3.92. The maximum absolute atomic E-state index is 13.8. The SMILES string of the molecule is COc1cc(F)c(C(=O)c2ccc(Cl)c(Cl)c2)c(F)c1. The van der Waals surface area contributed by atoms with Gasteiger partial charge in [0.05, 0.1) is 22.7 Å². The molecule has 0 fully saturated rings. The van der Waals surface area contributed by atoms with Crippen LogP contribution >= 0.6 is 23.2 Å². The summed E-state index contributed by atoms with van der Waals surface area (Å²) >= 11 is 11.5. The smallest absolute Gasteiger partial charge is 0.198 e. The molecule has 0 radical (unpaired) electrons. The van der Waals surface area contributed by atoms with E-state index in [1.807, 2.05) is 0 Å². The number of ketones is 1. The van der Waals surface area contributed by atoms with E-state index in [1.165, 1.54) is 25.3 Å². The normalized spacial score (nSPS) is 10.4. The summed E-state index contributed by atoms with van der Waals surface area (Å²) in [6.07, 6.45) is 0. The van der Waals surface area contributed by atoms with E-state index in [4.69, 9.17) is 27.9 Å². The van der Waals surface area contributed by atoms with Gasteiger partial charge in [0.2, 0.25) is 0 Å². The minimum absolute atomic E-state index is 0.00862. The molecule has 0 spiro atoms. The Morgan fingerprint density at radius 1 is 1.05 bits per heavy atom. The van der Waals surface area contributed by atoms with E-state index in [0.29, 0.717) is 0 Å². The fraction of sp³-hybridized carbons (Fsp3) is 0.0714. The molecule has 0 heterocycles. The summed E-state index contributed by atoms with van der Waals surface area (Å²) in [6, 6.07) is 5.87. The van der Waals surface area contributed by atoms with Crippen molar-refractivity contribution in [2.45, 2.75) is 0 Å². The van der Waals surface area contributed by atoms with Crippen molar-refractivity contribution >= 4 is 29.0 Å². The highest BCUT2D eigenvalue weighted by atomic mass is 35.5. The van der Waals surface area contributed by atoms with Crippen molar-refractivity contribution in [2.75, 3.05) is 7.11 Å². The predicted molar refractivity (Wildman–Crippen MR) is 72.8 cm³/mol. The zero-order chi connectivity index (χ0) is 14.9. The third-order valence-corrected chi connectivity index (χ3v) is 3.40. The molecule has 0 unspecified atom stereocenters. The molecule has 2 aromatic carbocycles. The van der Waals surface area contributed by atoms with Crippen LogP contribution in [0, 0.1) is 11.6 Å². The van der Waals surface area contributed by atoms with Crippen LogP contribution in [0.3, 0.4) is 0 Å². The number of methoxy groups -OCH3 is 1. The van der Waals surface area contributed by atoms with Crippen LogP contribution in [-0.4, -0.2) is 12.9 Å². The quantitative estimate of drug-likeness (QED) is 0.779. The van der Waals surface area contributed by atoms with Crippen LogP contribution in [0.4, 0.5) is 8.78 Å². The van der Waals surface area contributed by atoms with E-state index in [1.54, 1.807) is 0 Å². The highest BCUT2D eigenvalue weighted by Gasteiger charge is 2.21. The predicted octanol–water partition coefficient (Wildman–Crippen LogP) is 4.51. The molecule has 2 nitrogen and oxygen atoms in total. The highest BCUT2D eigenvalue weighted by Crippen LogP contribution is 2.27. The van der Waals surface area contributed by atoms with Crippen molar-refractivity contribution in [2.24, 2.45) is 0 Å². The van der Waals surface area contributed by atoms with Crippen LogP contribution in [0.25, 0.3) is 0 Å². The van der Waals surface area contributed by atoms with Crippen LogP contribution in [0.2, 0.25) is 10.0 Å². The molecule has 2 aromatic rings. The molecule has 6 heteroatoms. The van der Waals surface area contributed by atoms with Gasteiger partial charge in [-0.15, -0.1) is 0 Å². The molecule has 2 rings (SSSR count). The van der Waals surface area contributed by atoms with Crippen LogP contribution < -0.4 is 4.74 Å². The molecular formula is C14H8Cl2F2O2. The summed E-state index contributed by atoms with van der Waals surface area (Å²) in [6.45, 7) is 0. The average Bonchev–Trinajstić information content (AvgIpc) is 2.40. The Bertz CT molecular complexity index is 664. The Kier molecular flexibility index (Phi) is 4.26. The lowest BCUT2D eigenvalue weighted by molar-refractivity contribution is 0.103. The van der Waals surface area contributed by atoms with Crippen molar-refractivity contribution in [3.63, 3.8) is 0 Å². The van der Waals surface area contributed by atoms with E-state index < -0.39 is 23.0 Å². The lowest BCUT2D eigenvalue weighted by Gasteiger charge is -2.07. The van der Waals surface area contributed by atoms with Gasteiger partial charge in [-0.2, -0.15) is 0 Å². The molecule has 20 heavy (non-hydrogen) atoms. The molecular weight excluding hydrogens is 309 g/mol. The van der Waals surface area contributed by atoms with E-state index in [-0.39, 0.29) is 21.4 Å². The van der Waals surface area contributed by atoms with Crippen molar-refractivity contribution in [3.05, 3.63) is 63.1 Å². The van der Waals surface area contributed by atoms with Gasteiger partial charge in [0.1, 0.15) is 17.4 Å². The maximum atomic E-state index is 13.8. The first-order valence-corrected chi connectivity index (χ1v) is 6.22. The molecule has 0 saturated heterocycles. The molecule has 0 aromatic heterocycles. The van der Waals surface area contributed by atoms with Crippen LogP contribution in [0.15, 0.2) is 30.3 Å². The number of carbonyl (C=O) groups excluding carboxylic acids is 1. The Morgan fingerprint density at radius 2 is 1.65 bits per heavy atom. The van der Waals surface area contributed by atoms with Gasteiger partial charge in [-0.3, -0.25) is 4.79 Å². The molecule has 0 aliphatic heterocycles. The van der Waals surface area contributed by atoms with Gasteiger partial charge in [-0.1, -0.05) is 23.2 Å². The molecule has 0 aliphatic carbocycles. The van der Waals surface area contributed by atoms with Gasteiger partial charge in [-0.05, 0) is 18.2 Å². The lowest BCUT2D eigenvalue weighted by Crippen LogP contribution is -2.08. The molecule has 104 valence electrons. The summed E-state index contributed by atoms with van der Waals surface area (Å²) in [5.74, 6) is -2.83. The minimum Gasteiger partial charge on any atom is -0.497 e.